The molecule has 8 nitrogen and oxygen atoms in total. The molecule has 0 unspecified atom stereocenters. The maximum atomic E-state index is 13.6. The van der Waals surface area contributed by atoms with Crippen LogP contribution in [0.15, 0.2) is 72.8 Å². The molecule has 250 valence electrons. The van der Waals surface area contributed by atoms with Crippen LogP contribution in [0.2, 0.25) is 0 Å². The van der Waals surface area contributed by atoms with E-state index >= 15 is 0 Å². The number of carbonyl (C=O) groups is 1. The van der Waals surface area contributed by atoms with Gasteiger partial charge in [-0.2, -0.15) is 0 Å². The Hall–Kier alpha value is -4.27. The standard InChI is InChI=1S/C39H49N3O5/c1-7-42(8-2)21-24-46-36-26-28(39(3,4)5)25-35(37(36)44-6)41-38(43)40-34-18-17-31(32-11-9-10-12-33(32)34)27-13-15-29(16-14-27)47-30-19-22-45-23-20-30/h9-18,25-26,30H,7-8,19-24H2,1-6H3,(H2,40,41,43). The number of fused-ring (bicyclic) bond motifs is 1. The Kier molecular flexibility index (Phi) is 11.3. The SMILES string of the molecule is CCN(CC)CCOc1cc(C(C)(C)C)cc(NC(=O)Nc2ccc(-c3ccc(OC4CCOCC4)cc3)c3ccccc23)c1OC. The molecule has 0 radical (unpaired) electrons. The molecule has 0 aromatic heterocycles. The molecule has 4 aromatic carbocycles. The van der Waals surface area contributed by atoms with E-state index in [0.29, 0.717) is 29.5 Å². The second-order valence-electron chi connectivity index (χ2n) is 12.9. The number of hydrogen-bond acceptors (Lipinski definition) is 6. The Labute approximate surface area is 279 Å². The zero-order chi connectivity index (χ0) is 33.4. The van der Waals surface area contributed by atoms with Crippen LogP contribution in [0, 0.1) is 0 Å². The summed E-state index contributed by atoms with van der Waals surface area (Å²) in [6.07, 6.45) is 2.02. The smallest absolute Gasteiger partial charge is 0.323 e. The number of likely N-dealkylation sites (N-methyl/N-ethyl adjacent to an activating group) is 1. The van der Waals surface area contributed by atoms with Crippen LogP contribution in [0.4, 0.5) is 16.2 Å². The number of hydrogen-bond donors (Lipinski definition) is 2. The van der Waals surface area contributed by atoms with E-state index in [-0.39, 0.29) is 17.6 Å². The van der Waals surface area contributed by atoms with Crippen molar-refractivity contribution in [2.45, 2.75) is 59.0 Å². The fourth-order valence-corrected chi connectivity index (χ4v) is 5.91. The lowest BCUT2D eigenvalue weighted by molar-refractivity contribution is 0.0256. The number of carbonyl (C=O) groups excluding carboxylic acids is 1. The van der Waals surface area contributed by atoms with Crippen LogP contribution in [-0.2, 0) is 10.2 Å². The summed E-state index contributed by atoms with van der Waals surface area (Å²) in [6, 6.07) is 24.0. The lowest BCUT2D eigenvalue weighted by Crippen LogP contribution is -2.28. The lowest BCUT2D eigenvalue weighted by Gasteiger charge is -2.24. The average Bonchev–Trinajstić information content (AvgIpc) is 3.07. The van der Waals surface area contributed by atoms with Gasteiger partial charge in [-0.15, -0.1) is 0 Å². The maximum absolute atomic E-state index is 13.6. The number of amides is 2. The van der Waals surface area contributed by atoms with Gasteiger partial charge in [0.2, 0.25) is 0 Å². The highest BCUT2D eigenvalue weighted by Crippen LogP contribution is 2.41. The van der Waals surface area contributed by atoms with Gasteiger partial charge < -0.3 is 34.5 Å². The van der Waals surface area contributed by atoms with Crippen molar-refractivity contribution < 1.29 is 23.7 Å². The molecule has 0 atom stereocenters. The third-order valence-electron chi connectivity index (χ3n) is 8.74. The number of rotatable bonds is 12. The monoisotopic (exact) mass is 639 g/mol. The molecule has 1 aliphatic heterocycles. The highest BCUT2D eigenvalue weighted by atomic mass is 16.5. The van der Waals surface area contributed by atoms with Crippen molar-refractivity contribution in [3.05, 3.63) is 78.4 Å². The summed E-state index contributed by atoms with van der Waals surface area (Å²) in [7, 11) is 1.60. The highest BCUT2D eigenvalue weighted by Gasteiger charge is 2.22. The zero-order valence-corrected chi connectivity index (χ0v) is 28.7. The van der Waals surface area contributed by atoms with E-state index in [9.17, 15) is 4.79 Å². The van der Waals surface area contributed by atoms with Gasteiger partial charge in [-0.1, -0.05) is 77.1 Å². The molecule has 0 bridgehead atoms. The minimum Gasteiger partial charge on any atom is -0.491 e. The number of nitrogens with one attached hydrogen (secondary N) is 2. The number of anilines is 2. The first-order valence-corrected chi connectivity index (χ1v) is 16.7. The average molecular weight is 640 g/mol. The highest BCUT2D eigenvalue weighted by molar-refractivity contribution is 6.10. The first-order valence-electron chi connectivity index (χ1n) is 16.7. The molecule has 4 aromatic rings. The van der Waals surface area contributed by atoms with Gasteiger partial charge >= 0.3 is 6.03 Å². The summed E-state index contributed by atoms with van der Waals surface area (Å²) < 4.78 is 23.7. The number of methoxy groups -OCH3 is 1. The van der Waals surface area contributed by atoms with E-state index in [1.165, 1.54) is 0 Å². The number of ether oxygens (including phenoxy) is 4. The minimum absolute atomic E-state index is 0.169. The Balaban J connectivity index is 1.36. The Morgan fingerprint density at radius 2 is 1.57 bits per heavy atom. The summed E-state index contributed by atoms with van der Waals surface area (Å²) >= 11 is 0. The van der Waals surface area contributed by atoms with Crippen molar-refractivity contribution in [2.24, 2.45) is 0 Å². The Bertz CT molecular complexity index is 1640. The van der Waals surface area contributed by atoms with Gasteiger partial charge in [0.1, 0.15) is 18.5 Å². The second-order valence-corrected chi connectivity index (χ2v) is 12.9. The van der Waals surface area contributed by atoms with Gasteiger partial charge in [0.25, 0.3) is 0 Å². The van der Waals surface area contributed by atoms with Crippen molar-refractivity contribution >= 4 is 28.2 Å². The molecule has 2 amide bonds. The van der Waals surface area contributed by atoms with Crippen LogP contribution in [-0.4, -0.2) is 63.6 Å². The molecule has 2 N–H and O–H groups in total. The Morgan fingerprint density at radius 3 is 2.23 bits per heavy atom. The molecule has 8 heteroatoms. The molecule has 1 saturated heterocycles. The summed E-state index contributed by atoms with van der Waals surface area (Å²) in [5.41, 5.74) is 4.29. The molecule has 5 rings (SSSR count). The number of nitrogens with zero attached hydrogens (tertiary/aromatic N) is 1. The molecule has 0 spiro atoms. The third kappa shape index (κ3) is 8.56. The van der Waals surface area contributed by atoms with E-state index in [4.69, 9.17) is 18.9 Å². The van der Waals surface area contributed by atoms with Crippen molar-refractivity contribution in [1.29, 1.82) is 0 Å². The van der Waals surface area contributed by atoms with Crippen LogP contribution in [0.3, 0.4) is 0 Å². The molecule has 1 fully saturated rings. The summed E-state index contributed by atoms with van der Waals surface area (Å²) in [5, 5.41) is 8.12. The van der Waals surface area contributed by atoms with E-state index in [1.807, 2.05) is 48.5 Å². The summed E-state index contributed by atoms with van der Waals surface area (Å²) in [5.74, 6) is 1.97. The van der Waals surface area contributed by atoms with Gasteiger partial charge in [-0.05, 0) is 70.9 Å². The van der Waals surface area contributed by atoms with E-state index < -0.39 is 0 Å². The summed E-state index contributed by atoms with van der Waals surface area (Å²) in [4.78, 5) is 15.9. The van der Waals surface area contributed by atoms with Crippen LogP contribution in [0.5, 0.6) is 17.2 Å². The second kappa shape index (κ2) is 15.5. The fraction of sp³-hybridized carbons (Fsp3) is 0.410. The largest absolute Gasteiger partial charge is 0.491 e. The first kappa shape index (κ1) is 34.1. The van der Waals surface area contributed by atoms with Gasteiger partial charge in [-0.3, -0.25) is 0 Å². The lowest BCUT2D eigenvalue weighted by atomic mass is 9.86. The normalized spacial score (nSPS) is 13.9. The van der Waals surface area contributed by atoms with Crippen molar-refractivity contribution in [3.63, 3.8) is 0 Å². The van der Waals surface area contributed by atoms with Gasteiger partial charge in [0.05, 0.1) is 31.7 Å². The molecule has 0 saturated carbocycles. The maximum Gasteiger partial charge on any atom is 0.323 e. The van der Waals surface area contributed by atoms with Crippen molar-refractivity contribution in [3.8, 4) is 28.4 Å². The third-order valence-corrected chi connectivity index (χ3v) is 8.74. The first-order chi connectivity index (χ1) is 22.7. The molecular formula is C39H49N3O5. The van der Waals surface area contributed by atoms with Crippen LogP contribution in [0.25, 0.3) is 21.9 Å². The quantitative estimate of drug-likeness (QED) is 0.161. The minimum atomic E-state index is -0.365. The van der Waals surface area contributed by atoms with Gasteiger partial charge in [0.15, 0.2) is 11.5 Å². The predicted molar refractivity (Wildman–Crippen MR) is 191 cm³/mol. The number of urea groups is 1. The molecule has 47 heavy (non-hydrogen) atoms. The fourth-order valence-electron chi connectivity index (χ4n) is 5.91. The topological polar surface area (TPSA) is 81.3 Å². The van der Waals surface area contributed by atoms with Crippen LogP contribution < -0.4 is 24.8 Å². The molecule has 1 aliphatic rings. The Morgan fingerprint density at radius 1 is 0.894 bits per heavy atom. The van der Waals surface area contributed by atoms with Gasteiger partial charge in [0, 0.05) is 24.8 Å². The van der Waals surface area contributed by atoms with Crippen molar-refractivity contribution in [1.82, 2.24) is 4.90 Å². The molecule has 0 aliphatic carbocycles. The molecular weight excluding hydrogens is 590 g/mol. The van der Waals surface area contributed by atoms with E-state index in [0.717, 1.165) is 78.9 Å². The zero-order valence-electron chi connectivity index (χ0n) is 28.7. The van der Waals surface area contributed by atoms with Crippen LogP contribution in [0.1, 0.15) is 53.0 Å². The van der Waals surface area contributed by atoms with Crippen molar-refractivity contribution in [2.75, 3.05) is 57.2 Å². The summed E-state index contributed by atoms with van der Waals surface area (Å²) in [6.45, 7) is 15.4. The molecule has 1 heterocycles. The number of benzene rings is 4. The predicted octanol–water partition coefficient (Wildman–Crippen LogP) is 8.74. The van der Waals surface area contributed by atoms with E-state index in [2.05, 4.69) is 74.4 Å². The van der Waals surface area contributed by atoms with Crippen LogP contribution >= 0.6 is 0 Å². The van der Waals surface area contributed by atoms with E-state index in [1.54, 1.807) is 7.11 Å². The van der Waals surface area contributed by atoms with Gasteiger partial charge in [-0.25, -0.2) is 4.79 Å².